The van der Waals surface area contributed by atoms with Gasteiger partial charge in [-0.3, -0.25) is 20.0 Å². The van der Waals surface area contributed by atoms with Crippen molar-refractivity contribution in [1.29, 1.82) is 0 Å². The molecule has 0 fully saturated rings. The summed E-state index contributed by atoms with van der Waals surface area (Å²) in [5, 5.41) is 4.36. The Morgan fingerprint density at radius 1 is 1.10 bits per heavy atom. The number of hydrogen-bond donors (Lipinski definition) is 2. The van der Waals surface area contributed by atoms with Crippen LogP contribution in [0.15, 0.2) is 54.6 Å². The zero-order valence-corrected chi connectivity index (χ0v) is 16.6. The molecule has 7 heteroatoms. The summed E-state index contributed by atoms with van der Waals surface area (Å²) in [6.45, 7) is 0.658. The van der Waals surface area contributed by atoms with Gasteiger partial charge in [0.05, 0.1) is 26.5 Å². The van der Waals surface area contributed by atoms with Gasteiger partial charge in [-0.25, -0.2) is 0 Å². The predicted molar refractivity (Wildman–Crippen MR) is 110 cm³/mol. The molecule has 2 N–H and O–H groups in total. The monoisotopic (exact) mass is 395 g/mol. The van der Waals surface area contributed by atoms with Gasteiger partial charge in [0.25, 0.3) is 0 Å². The Bertz CT molecular complexity index is 893. The highest BCUT2D eigenvalue weighted by Gasteiger charge is 2.20. The highest BCUT2D eigenvalue weighted by Crippen LogP contribution is 2.20. The third-order valence-electron chi connectivity index (χ3n) is 4.67. The summed E-state index contributed by atoms with van der Waals surface area (Å²) >= 11 is 0. The first-order valence-electron chi connectivity index (χ1n) is 9.41. The maximum Gasteiger partial charge on any atom is 0.244 e. The summed E-state index contributed by atoms with van der Waals surface area (Å²) in [5.41, 5.74) is 5.79. The van der Waals surface area contributed by atoms with Gasteiger partial charge in [0, 0.05) is 24.9 Å². The number of amides is 2. The number of nitrogens with zero attached hydrogens (tertiary/aromatic N) is 1. The van der Waals surface area contributed by atoms with Gasteiger partial charge in [-0.2, -0.15) is 0 Å². The first-order chi connectivity index (χ1) is 14.1. The highest BCUT2D eigenvalue weighted by atomic mass is 16.5. The minimum absolute atomic E-state index is 0.0696. The summed E-state index contributed by atoms with van der Waals surface area (Å²) in [7, 11) is 3.22. The molecule has 1 aliphatic rings. The van der Waals surface area contributed by atoms with Crippen LogP contribution in [-0.2, 0) is 16.1 Å². The lowest BCUT2D eigenvalue weighted by Gasteiger charge is -2.29. The standard InChI is InChI=1S/C22H25N3O4/c1-28-18-9-7-16(8-10-18)19-11-12-22(27)25(24-19)14-13-21(26)23-15-17-5-3-4-6-20(17)29-2/h3-11,24H,12-15H2,1-2H3,(H,23,26). The first kappa shape index (κ1) is 20.3. The zero-order valence-electron chi connectivity index (χ0n) is 16.6. The average Bonchev–Trinajstić information content (AvgIpc) is 2.77. The van der Waals surface area contributed by atoms with Gasteiger partial charge in [-0.1, -0.05) is 18.2 Å². The van der Waals surface area contributed by atoms with Crippen LogP contribution in [0.25, 0.3) is 5.70 Å². The molecule has 0 bridgehead atoms. The van der Waals surface area contributed by atoms with E-state index in [-0.39, 0.29) is 31.2 Å². The zero-order chi connectivity index (χ0) is 20.6. The lowest BCUT2D eigenvalue weighted by Crippen LogP contribution is -2.45. The van der Waals surface area contributed by atoms with Gasteiger partial charge >= 0.3 is 0 Å². The van der Waals surface area contributed by atoms with Crippen LogP contribution in [0.1, 0.15) is 24.0 Å². The van der Waals surface area contributed by atoms with Crippen molar-refractivity contribution in [2.45, 2.75) is 19.4 Å². The molecule has 1 aliphatic heterocycles. The molecule has 1 heterocycles. The van der Waals surface area contributed by atoms with E-state index in [0.29, 0.717) is 6.54 Å². The molecule has 2 amide bonds. The molecule has 0 saturated carbocycles. The summed E-state index contributed by atoms with van der Waals surface area (Å²) in [4.78, 5) is 24.4. The fraction of sp³-hybridized carbons (Fsp3) is 0.273. The quantitative estimate of drug-likeness (QED) is 0.718. The van der Waals surface area contributed by atoms with Crippen LogP contribution in [0, 0.1) is 0 Å². The van der Waals surface area contributed by atoms with Crippen LogP contribution in [0.3, 0.4) is 0 Å². The fourth-order valence-electron chi connectivity index (χ4n) is 3.03. The number of carbonyl (C=O) groups excluding carboxylic acids is 2. The highest BCUT2D eigenvalue weighted by molar-refractivity contribution is 5.84. The fourth-order valence-corrected chi connectivity index (χ4v) is 3.03. The van der Waals surface area contributed by atoms with Crippen molar-refractivity contribution in [3.05, 3.63) is 65.7 Å². The van der Waals surface area contributed by atoms with Gasteiger partial charge in [0.1, 0.15) is 11.5 Å². The normalized spacial score (nSPS) is 13.4. The molecule has 0 aliphatic carbocycles. The second-order valence-corrected chi connectivity index (χ2v) is 6.55. The van der Waals surface area contributed by atoms with Gasteiger partial charge < -0.3 is 14.8 Å². The Labute approximate surface area is 170 Å². The Morgan fingerprint density at radius 2 is 1.86 bits per heavy atom. The van der Waals surface area contributed by atoms with Crippen LogP contribution in [0.5, 0.6) is 11.5 Å². The SMILES string of the molecule is COc1ccc(C2=CCC(=O)N(CCC(=O)NCc3ccccc3OC)N2)cc1. The lowest BCUT2D eigenvalue weighted by molar-refractivity contribution is -0.133. The average molecular weight is 395 g/mol. The van der Waals surface area contributed by atoms with Crippen LogP contribution >= 0.6 is 0 Å². The van der Waals surface area contributed by atoms with E-state index in [9.17, 15) is 9.59 Å². The Kier molecular flexibility index (Phi) is 6.73. The third kappa shape index (κ3) is 5.28. The summed E-state index contributed by atoms with van der Waals surface area (Å²) < 4.78 is 10.5. The van der Waals surface area contributed by atoms with Crippen LogP contribution in [-0.4, -0.2) is 37.6 Å². The molecule has 0 aromatic heterocycles. The van der Waals surface area contributed by atoms with Crippen LogP contribution in [0.4, 0.5) is 0 Å². The second kappa shape index (κ2) is 9.64. The van der Waals surface area contributed by atoms with E-state index >= 15 is 0 Å². The lowest BCUT2D eigenvalue weighted by atomic mass is 10.1. The van der Waals surface area contributed by atoms with Crippen LogP contribution in [0.2, 0.25) is 0 Å². The van der Waals surface area contributed by atoms with E-state index in [1.807, 2.05) is 54.6 Å². The molecule has 29 heavy (non-hydrogen) atoms. The Morgan fingerprint density at radius 3 is 2.59 bits per heavy atom. The molecule has 0 saturated heterocycles. The van der Waals surface area contributed by atoms with Crippen LogP contribution < -0.4 is 20.2 Å². The molecule has 0 unspecified atom stereocenters. The number of benzene rings is 2. The minimum atomic E-state index is -0.133. The van der Waals surface area contributed by atoms with E-state index in [2.05, 4.69) is 10.7 Å². The summed E-state index contributed by atoms with van der Waals surface area (Å²) in [5.74, 6) is 1.30. The molecule has 7 nitrogen and oxygen atoms in total. The topological polar surface area (TPSA) is 79.9 Å². The van der Waals surface area contributed by atoms with Crippen molar-refractivity contribution in [2.75, 3.05) is 20.8 Å². The van der Waals surface area contributed by atoms with Crippen molar-refractivity contribution in [3.8, 4) is 11.5 Å². The van der Waals surface area contributed by atoms with E-state index in [1.165, 1.54) is 5.01 Å². The first-order valence-corrected chi connectivity index (χ1v) is 9.41. The molecule has 152 valence electrons. The molecule has 0 spiro atoms. The van der Waals surface area contributed by atoms with Crippen molar-refractivity contribution in [1.82, 2.24) is 15.8 Å². The van der Waals surface area contributed by atoms with Gasteiger partial charge in [0.15, 0.2) is 0 Å². The number of carbonyl (C=O) groups is 2. The number of rotatable bonds is 8. The number of methoxy groups -OCH3 is 2. The predicted octanol–water partition coefficient (Wildman–Crippen LogP) is 2.49. The second-order valence-electron chi connectivity index (χ2n) is 6.55. The molecule has 2 aromatic carbocycles. The molecule has 0 radical (unpaired) electrons. The maximum atomic E-state index is 12.2. The Balaban J connectivity index is 1.52. The van der Waals surface area contributed by atoms with E-state index in [1.54, 1.807) is 14.2 Å². The number of hydrazine groups is 1. The molecule has 3 rings (SSSR count). The number of ether oxygens (including phenoxy) is 2. The molecular weight excluding hydrogens is 370 g/mol. The van der Waals surface area contributed by atoms with E-state index in [4.69, 9.17) is 9.47 Å². The van der Waals surface area contributed by atoms with Crippen molar-refractivity contribution >= 4 is 17.5 Å². The van der Waals surface area contributed by atoms with Crippen molar-refractivity contribution in [3.63, 3.8) is 0 Å². The van der Waals surface area contributed by atoms with Gasteiger partial charge in [-0.15, -0.1) is 0 Å². The van der Waals surface area contributed by atoms with Crippen molar-refractivity contribution in [2.24, 2.45) is 0 Å². The largest absolute Gasteiger partial charge is 0.497 e. The summed E-state index contributed by atoms with van der Waals surface area (Å²) in [6, 6.07) is 15.1. The third-order valence-corrected chi connectivity index (χ3v) is 4.67. The van der Waals surface area contributed by atoms with Crippen molar-refractivity contribution < 1.29 is 19.1 Å². The van der Waals surface area contributed by atoms with E-state index < -0.39 is 0 Å². The molecular formula is C22H25N3O4. The smallest absolute Gasteiger partial charge is 0.244 e. The number of hydrogen-bond acceptors (Lipinski definition) is 5. The van der Waals surface area contributed by atoms with Gasteiger partial charge in [0.2, 0.25) is 11.8 Å². The minimum Gasteiger partial charge on any atom is -0.497 e. The summed E-state index contributed by atoms with van der Waals surface area (Å²) in [6.07, 6.45) is 2.34. The van der Waals surface area contributed by atoms with E-state index in [0.717, 1.165) is 28.3 Å². The number of nitrogens with one attached hydrogen (secondary N) is 2. The molecule has 0 atom stereocenters. The molecule has 2 aromatic rings. The Hall–Kier alpha value is -3.48. The number of para-hydroxylation sites is 1. The van der Waals surface area contributed by atoms with Gasteiger partial charge in [-0.05, 0) is 42.0 Å². The maximum absolute atomic E-state index is 12.2.